The second-order valence-corrected chi connectivity index (χ2v) is 7.12. The zero-order valence-electron chi connectivity index (χ0n) is 12.7. The first-order valence-corrected chi connectivity index (χ1v) is 8.63. The van der Waals surface area contributed by atoms with Crippen molar-refractivity contribution in [3.63, 3.8) is 0 Å². The van der Waals surface area contributed by atoms with Crippen molar-refractivity contribution >= 4 is 21.9 Å². The van der Waals surface area contributed by atoms with Crippen LogP contribution in [-0.4, -0.2) is 41.4 Å². The summed E-state index contributed by atoms with van der Waals surface area (Å²) < 4.78 is 25.7. The number of nitrogens with zero attached hydrogens (tertiary/aromatic N) is 3. The number of aromatic nitrogens is 2. The molecule has 122 valence electrons. The number of hydrogen-bond donors (Lipinski definition) is 1. The minimum absolute atomic E-state index is 0.153. The van der Waals surface area contributed by atoms with Crippen molar-refractivity contribution in [2.45, 2.75) is 13.0 Å². The summed E-state index contributed by atoms with van der Waals surface area (Å²) in [5.41, 5.74) is 0.890. The maximum absolute atomic E-state index is 12.2. The van der Waals surface area contributed by atoms with Crippen LogP contribution in [0.25, 0.3) is 0 Å². The van der Waals surface area contributed by atoms with Crippen molar-refractivity contribution in [2.75, 3.05) is 18.1 Å². The molecule has 23 heavy (non-hydrogen) atoms. The zero-order chi connectivity index (χ0) is 16.7. The van der Waals surface area contributed by atoms with E-state index in [0.717, 1.165) is 5.56 Å². The Bertz CT molecular complexity index is 736. The molecule has 1 amide bonds. The summed E-state index contributed by atoms with van der Waals surface area (Å²) >= 11 is 0. The molecule has 1 aromatic heterocycles. The normalized spacial score (nSPS) is 11.4. The number of nitrogens with one attached hydrogen (secondary N) is 1. The van der Waals surface area contributed by atoms with Gasteiger partial charge in [-0.1, -0.05) is 30.3 Å². The molecule has 2 aromatic rings. The van der Waals surface area contributed by atoms with Gasteiger partial charge in [0.15, 0.2) is 0 Å². The molecule has 8 heteroatoms. The molecule has 1 aromatic carbocycles. The average molecular weight is 334 g/mol. The van der Waals surface area contributed by atoms with E-state index in [1.807, 2.05) is 30.3 Å². The van der Waals surface area contributed by atoms with Crippen LogP contribution in [-0.2, 0) is 21.4 Å². The number of carbonyl (C=O) groups excluding carboxylic acids is 1. The van der Waals surface area contributed by atoms with Gasteiger partial charge in [-0.15, -0.1) is 0 Å². The predicted molar refractivity (Wildman–Crippen MR) is 87.0 cm³/mol. The van der Waals surface area contributed by atoms with Crippen molar-refractivity contribution in [3.05, 3.63) is 54.4 Å². The second kappa shape index (κ2) is 7.80. The minimum Gasteiger partial charge on any atom is -0.295 e. The Morgan fingerprint density at radius 3 is 2.43 bits per heavy atom. The lowest BCUT2D eigenvalue weighted by atomic mass is 10.2. The Labute approximate surface area is 135 Å². The third-order valence-electron chi connectivity index (χ3n) is 3.13. The quantitative estimate of drug-likeness (QED) is 0.823. The van der Waals surface area contributed by atoms with Crippen LogP contribution in [0.5, 0.6) is 0 Å². The Morgan fingerprint density at radius 2 is 1.78 bits per heavy atom. The lowest BCUT2D eigenvalue weighted by Crippen LogP contribution is -2.30. The van der Waals surface area contributed by atoms with E-state index in [-0.39, 0.29) is 24.7 Å². The summed E-state index contributed by atoms with van der Waals surface area (Å²) in [6.07, 6.45) is 2.83. The van der Waals surface area contributed by atoms with Gasteiger partial charge in [-0.3, -0.25) is 10.1 Å². The molecule has 0 aliphatic heterocycles. The fraction of sp³-hybridized carbons (Fsp3) is 0.267. The van der Waals surface area contributed by atoms with Crippen LogP contribution < -0.4 is 5.32 Å². The summed E-state index contributed by atoms with van der Waals surface area (Å²) in [6, 6.07) is 10.9. The number of carbonyl (C=O) groups is 1. The molecule has 0 fully saturated rings. The van der Waals surface area contributed by atoms with E-state index in [4.69, 9.17) is 0 Å². The topological polar surface area (TPSA) is 92.3 Å². The largest absolute Gasteiger partial charge is 0.295 e. The van der Waals surface area contributed by atoms with Gasteiger partial charge in [0.1, 0.15) is 0 Å². The molecule has 0 saturated carbocycles. The highest BCUT2D eigenvalue weighted by Gasteiger charge is 2.19. The van der Waals surface area contributed by atoms with Gasteiger partial charge in [0, 0.05) is 32.4 Å². The van der Waals surface area contributed by atoms with Crippen LogP contribution in [0.1, 0.15) is 12.0 Å². The predicted octanol–water partition coefficient (Wildman–Crippen LogP) is 1.27. The molecule has 0 aliphatic rings. The highest BCUT2D eigenvalue weighted by atomic mass is 32.2. The molecular formula is C15H18N4O3S. The SMILES string of the molecule is CN(Cc1ccccc1)S(=O)(=O)CCC(=O)Nc1ncccn1. The van der Waals surface area contributed by atoms with E-state index in [1.165, 1.54) is 23.7 Å². The van der Waals surface area contributed by atoms with E-state index in [1.54, 1.807) is 6.07 Å². The lowest BCUT2D eigenvalue weighted by Gasteiger charge is -2.17. The maximum atomic E-state index is 12.2. The van der Waals surface area contributed by atoms with Crippen molar-refractivity contribution in [2.24, 2.45) is 0 Å². The molecule has 0 saturated heterocycles. The van der Waals surface area contributed by atoms with Crippen molar-refractivity contribution < 1.29 is 13.2 Å². The van der Waals surface area contributed by atoms with Crippen LogP contribution in [0.15, 0.2) is 48.8 Å². The van der Waals surface area contributed by atoms with Gasteiger partial charge in [-0.2, -0.15) is 0 Å². The molecule has 0 spiro atoms. The molecule has 0 atom stereocenters. The Balaban J connectivity index is 1.87. The summed E-state index contributed by atoms with van der Waals surface area (Å²) in [4.78, 5) is 19.5. The lowest BCUT2D eigenvalue weighted by molar-refractivity contribution is -0.115. The molecule has 0 aliphatic carbocycles. The van der Waals surface area contributed by atoms with Gasteiger partial charge in [0.2, 0.25) is 21.9 Å². The van der Waals surface area contributed by atoms with Gasteiger partial charge in [0.25, 0.3) is 0 Å². The van der Waals surface area contributed by atoms with E-state index < -0.39 is 15.9 Å². The van der Waals surface area contributed by atoms with E-state index in [9.17, 15) is 13.2 Å². The van der Waals surface area contributed by atoms with Crippen LogP contribution >= 0.6 is 0 Å². The summed E-state index contributed by atoms with van der Waals surface area (Å²) in [5, 5.41) is 2.46. The smallest absolute Gasteiger partial charge is 0.229 e. The third-order valence-corrected chi connectivity index (χ3v) is 4.93. The molecule has 1 N–H and O–H groups in total. The molecule has 7 nitrogen and oxygen atoms in total. The first-order valence-electron chi connectivity index (χ1n) is 7.02. The van der Waals surface area contributed by atoms with Crippen LogP contribution in [0.4, 0.5) is 5.95 Å². The Kier molecular flexibility index (Phi) is 5.78. The Morgan fingerprint density at radius 1 is 1.13 bits per heavy atom. The number of benzene rings is 1. The zero-order valence-corrected chi connectivity index (χ0v) is 13.5. The van der Waals surface area contributed by atoms with Crippen LogP contribution in [0.2, 0.25) is 0 Å². The van der Waals surface area contributed by atoms with Gasteiger partial charge in [-0.25, -0.2) is 22.7 Å². The fourth-order valence-electron chi connectivity index (χ4n) is 1.87. The second-order valence-electron chi connectivity index (χ2n) is 4.93. The fourth-order valence-corrected chi connectivity index (χ4v) is 2.97. The van der Waals surface area contributed by atoms with E-state index >= 15 is 0 Å². The Hall–Kier alpha value is -2.32. The highest BCUT2D eigenvalue weighted by molar-refractivity contribution is 7.89. The van der Waals surface area contributed by atoms with Crippen LogP contribution in [0.3, 0.4) is 0 Å². The van der Waals surface area contributed by atoms with Crippen LogP contribution in [0, 0.1) is 0 Å². The van der Waals surface area contributed by atoms with Gasteiger partial charge in [0.05, 0.1) is 5.75 Å². The summed E-state index contributed by atoms with van der Waals surface area (Å²) in [7, 11) is -2.01. The standard InChI is InChI=1S/C15H18N4O3S/c1-19(12-13-6-3-2-4-7-13)23(21,22)11-8-14(20)18-15-16-9-5-10-17-15/h2-7,9-10H,8,11-12H2,1H3,(H,16,17,18,20). The van der Waals surface area contributed by atoms with E-state index in [2.05, 4.69) is 15.3 Å². The molecule has 1 heterocycles. The maximum Gasteiger partial charge on any atom is 0.229 e. The molecule has 0 radical (unpaired) electrons. The first-order chi connectivity index (χ1) is 11.0. The monoisotopic (exact) mass is 334 g/mol. The molecule has 2 rings (SSSR count). The highest BCUT2D eigenvalue weighted by Crippen LogP contribution is 2.08. The summed E-state index contributed by atoms with van der Waals surface area (Å²) in [5.74, 6) is -0.546. The number of hydrogen-bond acceptors (Lipinski definition) is 5. The summed E-state index contributed by atoms with van der Waals surface area (Å²) in [6.45, 7) is 0.270. The number of amides is 1. The average Bonchev–Trinajstić information content (AvgIpc) is 2.55. The van der Waals surface area contributed by atoms with Crippen molar-refractivity contribution in [1.82, 2.24) is 14.3 Å². The molecular weight excluding hydrogens is 316 g/mol. The van der Waals surface area contributed by atoms with Gasteiger partial charge in [-0.05, 0) is 11.6 Å². The number of anilines is 1. The van der Waals surface area contributed by atoms with Gasteiger partial charge >= 0.3 is 0 Å². The van der Waals surface area contributed by atoms with Gasteiger partial charge < -0.3 is 0 Å². The van der Waals surface area contributed by atoms with Crippen molar-refractivity contribution in [3.8, 4) is 0 Å². The molecule has 0 unspecified atom stereocenters. The minimum atomic E-state index is -3.51. The third kappa shape index (κ3) is 5.42. The van der Waals surface area contributed by atoms with Crippen molar-refractivity contribution in [1.29, 1.82) is 0 Å². The number of rotatable bonds is 7. The van der Waals surface area contributed by atoms with E-state index in [0.29, 0.717) is 0 Å². The first kappa shape index (κ1) is 17.0. The number of sulfonamides is 1. The molecule has 0 bridgehead atoms.